The van der Waals surface area contributed by atoms with Gasteiger partial charge < -0.3 is 9.84 Å². The third-order valence-corrected chi connectivity index (χ3v) is 5.08. The summed E-state index contributed by atoms with van der Waals surface area (Å²) < 4.78 is 7.06. The van der Waals surface area contributed by atoms with Crippen molar-refractivity contribution < 1.29 is 14.6 Å². The lowest BCUT2D eigenvalue weighted by Crippen LogP contribution is -2.05. The molecule has 138 valence electrons. The molecule has 0 bridgehead atoms. The monoisotopic (exact) mass is 425 g/mol. The number of aromatic nitrogens is 1. The number of nitrogens with zero attached hydrogens (tertiary/aromatic N) is 1. The summed E-state index contributed by atoms with van der Waals surface area (Å²) in [6.07, 6.45) is 3.07. The number of halogens is 1. The summed E-state index contributed by atoms with van der Waals surface area (Å²) in [5.41, 5.74) is 3.91. The van der Waals surface area contributed by atoms with E-state index in [0.717, 1.165) is 34.2 Å². The average Bonchev–Trinajstić information content (AvgIpc) is 2.66. The van der Waals surface area contributed by atoms with Gasteiger partial charge in [-0.3, -0.25) is 0 Å². The zero-order valence-electron chi connectivity index (χ0n) is 15.2. The first kappa shape index (κ1) is 19.1. The second-order valence-corrected chi connectivity index (χ2v) is 7.29. The standard InChI is InChI=1S/C22H20BrNO3/c1-14-15(2)21(24-13-19(14)22(25)26)27-20-11-10-18(23)12-17(20)9-8-16-6-4-3-5-7-16/h3-7,10-13H,8-9H2,1-2H3,(H,25,26). The lowest BCUT2D eigenvalue weighted by atomic mass is 10.0. The number of benzene rings is 2. The Balaban J connectivity index is 1.87. The van der Waals surface area contributed by atoms with Crippen LogP contribution >= 0.6 is 15.9 Å². The highest BCUT2D eigenvalue weighted by Crippen LogP contribution is 2.31. The molecule has 3 rings (SSSR count). The highest BCUT2D eigenvalue weighted by Gasteiger charge is 2.15. The molecule has 1 N–H and O–H groups in total. The number of hydrogen-bond acceptors (Lipinski definition) is 3. The Morgan fingerprint density at radius 3 is 2.52 bits per heavy atom. The van der Waals surface area contributed by atoms with Crippen LogP contribution in [0.2, 0.25) is 0 Å². The van der Waals surface area contributed by atoms with Crippen LogP contribution in [0.25, 0.3) is 0 Å². The molecule has 0 atom stereocenters. The number of aromatic carboxylic acids is 1. The van der Waals surface area contributed by atoms with E-state index in [1.54, 1.807) is 6.92 Å². The molecule has 1 heterocycles. The van der Waals surface area contributed by atoms with Gasteiger partial charge in [-0.1, -0.05) is 46.3 Å². The largest absolute Gasteiger partial charge is 0.478 e. The van der Waals surface area contributed by atoms with Crippen molar-refractivity contribution in [1.82, 2.24) is 4.98 Å². The predicted octanol–water partition coefficient (Wildman–Crippen LogP) is 5.74. The number of aryl methyl sites for hydroxylation is 2. The molecule has 0 unspecified atom stereocenters. The van der Waals surface area contributed by atoms with Crippen LogP contribution in [0.4, 0.5) is 0 Å². The molecule has 0 spiro atoms. The van der Waals surface area contributed by atoms with Crippen LogP contribution in [0.3, 0.4) is 0 Å². The third-order valence-electron chi connectivity index (χ3n) is 4.58. The summed E-state index contributed by atoms with van der Waals surface area (Å²) in [6.45, 7) is 3.60. The van der Waals surface area contributed by atoms with E-state index in [2.05, 4.69) is 33.0 Å². The predicted molar refractivity (Wildman–Crippen MR) is 109 cm³/mol. The number of carboxylic acid groups (broad SMARTS) is 1. The molecule has 27 heavy (non-hydrogen) atoms. The van der Waals surface area contributed by atoms with Gasteiger partial charge in [0.2, 0.25) is 5.88 Å². The molecule has 0 saturated heterocycles. The Morgan fingerprint density at radius 2 is 1.81 bits per heavy atom. The lowest BCUT2D eigenvalue weighted by Gasteiger charge is -2.14. The molecule has 0 saturated carbocycles. The SMILES string of the molecule is Cc1c(C(=O)O)cnc(Oc2ccc(Br)cc2CCc2ccccc2)c1C. The number of pyridine rings is 1. The normalized spacial score (nSPS) is 10.6. The van der Waals surface area contributed by atoms with Gasteiger partial charge in [-0.05, 0) is 61.6 Å². The fourth-order valence-corrected chi connectivity index (χ4v) is 3.28. The topological polar surface area (TPSA) is 59.4 Å². The molecule has 3 aromatic rings. The minimum Gasteiger partial charge on any atom is -0.478 e. The van der Waals surface area contributed by atoms with Crippen molar-refractivity contribution in [1.29, 1.82) is 0 Å². The fraction of sp³-hybridized carbons (Fsp3) is 0.182. The highest BCUT2D eigenvalue weighted by atomic mass is 79.9. The Labute approximate surface area is 167 Å². The van der Waals surface area contributed by atoms with Crippen molar-refractivity contribution in [2.45, 2.75) is 26.7 Å². The van der Waals surface area contributed by atoms with Gasteiger partial charge in [0.05, 0.1) is 5.56 Å². The zero-order valence-corrected chi connectivity index (χ0v) is 16.8. The zero-order chi connectivity index (χ0) is 19.4. The first-order valence-corrected chi connectivity index (χ1v) is 9.44. The van der Waals surface area contributed by atoms with Crippen molar-refractivity contribution in [3.63, 3.8) is 0 Å². The molecular formula is C22H20BrNO3. The van der Waals surface area contributed by atoms with E-state index in [0.29, 0.717) is 11.4 Å². The summed E-state index contributed by atoms with van der Waals surface area (Å²) in [7, 11) is 0. The molecule has 4 nitrogen and oxygen atoms in total. The summed E-state index contributed by atoms with van der Waals surface area (Å²) >= 11 is 3.52. The van der Waals surface area contributed by atoms with E-state index in [1.165, 1.54) is 11.8 Å². The minimum absolute atomic E-state index is 0.194. The van der Waals surface area contributed by atoms with Gasteiger partial charge in [-0.25, -0.2) is 9.78 Å². The molecule has 0 fully saturated rings. The number of rotatable bonds is 6. The minimum atomic E-state index is -0.984. The van der Waals surface area contributed by atoms with Crippen LogP contribution < -0.4 is 4.74 Å². The van der Waals surface area contributed by atoms with E-state index in [9.17, 15) is 9.90 Å². The molecule has 0 aliphatic carbocycles. The Kier molecular flexibility index (Phi) is 5.91. The van der Waals surface area contributed by atoms with Gasteiger partial charge in [-0.15, -0.1) is 0 Å². The van der Waals surface area contributed by atoms with E-state index < -0.39 is 5.97 Å². The Hall–Kier alpha value is -2.66. The van der Waals surface area contributed by atoms with Crippen molar-refractivity contribution in [2.24, 2.45) is 0 Å². The summed E-state index contributed by atoms with van der Waals surface area (Å²) in [4.78, 5) is 15.5. The van der Waals surface area contributed by atoms with Gasteiger partial charge in [0.15, 0.2) is 0 Å². The van der Waals surface area contributed by atoms with Crippen LogP contribution in [0.5, 0.6) is 11.6 Å². The van der Waals surface area contributed by atoms with Crippen molar-refractivity contribution >= 4 is 21.9 Å². The number of carbonyl (C=O) groups is 1. The molecule has 2 aromatic carbocycles. The highest BCUT2D eigenvalue weighted by molar-refractivity contribution is 9.10. The molecule has 0 aliphatic rings. The van der Waals surface area contributed by atoms with Gasteiger partial charge in [-0.2, -0.15) is 0 Å². The molecule has 0 aliphatic heterocycles. The lowest BCUT2D eigenvalue weighted by molar-refractivity contribution is 0.0695. The second-order valence-electron chi connectivity index (χ2n) is 6.37. The van der Waals surface area contributed by atoms with E-state index in [1.807, 2.05) is 43.3 Å². The molecule has 5 heteroatoms. The van der Waals surface area contributed by atoms with Gasteiger partial charge in [0.25, 0.3) is 0 Å². The summed E-state index contributed by atoms with van der Waals surface area (Å²) in [5.74, 6) is 0.176. The average molecular weight is 426 g/mol. The molecular weight excluding hydrogens is 406 g/mol. The molecule has 1 aromatic heterocycles. The number of hydrogen-bond donors (Lipinski definition) is 1. The summed E-state index contributed by atoms with van der Waals surface area (Å²) in [6, 6.07) is 16.2. The van der Waals surface area contributed by atoms with Crippen LogP contribution in [0, 0.1) is 13.8 Å². The van der Waals surface area contributed by atoms with Gasteiger partial charge in [0.1, 0.15) is 5.75 Å². The van der Waals surface area contributed by atoms with Crippen LogP contribution in [-0.4, -0.2) is 16.1 Å². The maximum absolute atomic E-state index is 11.3. The maximum Gasteiger partial charge on any atom is 0.337 e. The van der Waals surface area contributed by atoms with E-state index >= 15 is 0 Å². The van der Waals surface area contributed by atoms with Gasteiger partial charge >= 0.3 is 5.97 Å². The van der Waals surface area contributed by atoms with Crippen LogP contribution in [-0.2, 0) is 12.8 Å². The second kappa shape index (κ2) is 8.35. The smallest absolute Gasteiger partial charge is 0.337 e. The van der Waals surface area contributed by atoms with Crippen molar-refractivity contribution in [3.05, 3.63) is 87.0 Å². The Bertz CT molecular complexity index is 971. The quantitative estimate of drug-likeness (QED) is 0.547. The fourth-order valence-electron chi connectivity index (χ4n) is 2.87. The van der Waals surface area contributed by atoms with E-state index in [4.69, 9.17) is 4.74 Å². The number of carboxylic acids is 1. The Morgan fingerprint density at radius 1 is 1.07 bits per heavy atom. The van der Waals surface area contributed by atoms with Crippen LogP contribution in [0.15, 0.2) is 59.2 Å². The van der Waals surface area contributed by atoms with Crippen molar-refractivity contribution in [2.75, 3.05) is 0 Å². The van der Waals surface area contributed by atoms with Gasteiger partial charge in [0, 0.05) is 16.2 Å². The van der Waals surface area contributed by atoms with E-state index in [-0.39, 0.29) is 5.56 Å². The molecule has 0 amide bonds. The first-order valence-electron chi connectivity index (χ1n) is 8.65. The molecule has 0 radical (unpaired) electrons. The first-order chi connectivity index (χ1) is 13.0. The third kappa shape index (κ3) is 4.55. The maximum atomic E-state index is 11.3. The number of ether oxygens (including phenoxy) is 1. The van der Waals surface area contributed by atoms with Crippen LogP contribution in [0.1, 0.15) is 32.6 Å². The van der Waals surface area contributed by atoms with Crippen molar-refractivity contribution in [3.8, 4) is 11.6 Å². The summed E-state index contributed by atoms with van der Waals surface area (Å²) in [5, 5.41) is 9.24.